The van der Waals surface area contributed by atoms with E-state index in [-0.39, 0.29) is 12.4 Å². The van der Waals surface area contributed by atoms with Gasteiger partial charge < -0.3 is 12.4 Å². The van der Waals surface area contributed by atoms with Crippen molar-refractivity contribution in [2.45, 2.75) is 30.8 Å². The Hall–Kier alpha value is -1.04. The summed E-state index contributed by atoms with van der Waals surface area (Å²) in [7, 11) is 0. The van der Waals surface area contributed by atoms with Gasteiger partial charge >= 0.3 is 147 Å². The quantitative estimate of drug-likeness (QED) is 0.709. The van der Waals surface area contributed by atoms with Gasteiger partial charge in [-0.1, -0.05) is 0 Å². The summed E-state index contributed by atoms with van der Waals surface area (Å²) in [5, 5.41) is 0. The average Bonchev–Trinajstić information content (AvgIpc) is 3.19. The van der Waals surface area contributed by atoms with Crippen LogP contribution in [-0.2, 0) is 21.3 Å². The van der Waals surface area contributed by atoms with Gasteiger partial charge in [0.2, 0.25) is 0 Å². The normalized spacial score (nSPS) is 17.0. The van der Waals surface area contributed by atoms with Crippen LogP contribution in [0, 0.1) is 0 Å². The summed E-state index contributed by atoms with van der Waals surface area (Å²) >= 11 is -1.65. The summed E-state index contributed by atoms with van der Waals surface area (Å²) in [5.41, 5.74) is 7.63. The van der Waals surface area contributed by atoms with Gasteiger partial charge in [-0.05, 0) is 0 Å². The average molecular weight is 413 g/mol. The van der Waals surface area contributed by atoms with Gasteiger partial charge in [-0.2, -0.15) is 0 Å². The van der Waals surface area contributed by atoms with Gasteiger partial charge in [-0.3, -0.25) is 0 Å². The van der Waals surface area contributed by atoms with Gasteiger partial charge in [-0.25, -0.2) is 0 Å². The van der Waals surface area contributed by atoms with E-state index < -0.39 is 21.3 Å². The van der Waals surface area contributed by atoms with Crippen LogP contribution in [0.2, 0.25) is 4.63 Å². The summed E-state index contributed by atoms with van der Waals surface area (Å²) in [6.07, 6.45) is 7.96. The minimum atomic E-state index is -1.65. The van der Waals surface area contributed by atoms with Crippen molar-refractivity contribution in [1.82, 2.24) is 0 Å². The van der Waals surface area contributed by atoms with E-state index in [9.17, 15) is 0 Å². The van der Waals surface area contributed by atoms with Crippen molar-refractivity contribution in [1.29, 1.82) is 0 Å². The third-order valence-corrected chi connectivity index (χ3v) is 12.0. The van der Waals surface area contributed by atoms with E-state index in [0.717, 1.165) is 6.42 Å². The maximum absolute atomic E-state index is 2.54. The van der Waals surface area contributed by atoms with E-state index in [1.165, 1.54) is 16.7 Å². The fourth-order valence-electron chi connectivity index (χ4n) is 3.92. The van der Waals surface area contributed by atoms with Gasteiger partial charge in [0.1, 0.15) is 0 Å². The molecule has 2 aromatic carbocycles. The van der Waals surface area contributed by atoms with E-state index in [1.807, 2.05) is 0 Å². The van der Waals surface area contributed by atoms with Gasteiger partial charge in [0.15, 0.2) is 0 Å². The molecule has 0 saturated carbocycles. The summed E-state index contributed by atoms with van der Waals surface area (Å²) in [6.45, 7) is 4.67. The zero-order chi connectivity index (χ0) is 16.0. The summed E-state index contributed by atoms with van der Waals surface area (Å²) in [6, 6.07) is 16.1. The molecular weight excluding hydrogens is 391 g/mol. The maximum Gasteiger partial charge on any atom is -1.00 e. The predicted octanol–water partition coefficient (Wildman–Crippen LogP) is 2.19. The first kappa shape index (κ1) is 17.8. The molecule has 4 rings (SSSR count). The summed E-state index contributed by atoms with van der Waals surface area (Å²) < 4.78 is 5.90. The maximum atomic E-state index is 2.54. The molecule has 0 aromatic heterocycles. The first-order valence-corrected chi connectivity index (χ1v) is 13.3. The van der Waals surface area contributed by atoms with Crippen molar-refractivity contribution in [3.63, 3.8) is 0 Å². The minimum Gasteiger partial charge on any atom is -1.00 e. The van der Waals surface area contributed by atoms with Gasteiger partial charge in [0.25, 0.3) is 0 Å². The molecule has 0 radical (unpaired) electrons. The Morgan fingerprint density at radius 2 is 1.75 bits per heavy atom. The van der Waals surface area contributed by atoms with Crippen molar-refractivity contribution >= 4 is 6.48 Å². The van der Waals surface area contributed by atoms with Gasteiger partial charge in [-0.15, -0.1) is 0 Å². The van der Waals surface area contributed by atoms with Crippen LogP contribution in [-0.4, -0.2) is 3.21 Å². The number of allylic oxidation sites excluding steroid dienone is 4. The van der Waals surface area contributed by atoms with Crippen LogP contribution in [0.4, 0.5) is 0 Å². The Morgan fingerprint density at radius 3 is 2.46 bits per heavy atom. The number of hydrogen-bond acceptors (Lipinski definition) is 0. The number of hydrogen-bond donors (Lipinski definition) is 0. The van der Waals surface area contributed by atoms with E-state index >= 15 is 0 Å². The van der Waals surface area contributed by atoms with E-state index in [1.54, 1.807) is 17.6 Å². The fourth-order valence-corrected chi connectivity index (χ4v) is 7.77. The topological polar surface area (TPSA) is 0 Å². The zero-order valence-corrected chi connectivity index (χ0v) is 17.6. The third kappa shape index (κ3) is 2.77. The molecular formula is C22H22ClZr. The molecule has 0 heterocycles. The molecule has 0 nitrogen and oxygen atoms in total. The largest absolute Gasteiger partial charge is 1.00 e. The van der Waals surface area contributed by atoms with Gasteiger partial charge in [0, 0.05) is 0 Å². The first-order chi connectivity index (χ1) is 11.2. The molecule has 2 aliphatic rings. The number of fused-ring (bicyclic) bond motifs is 3. The fraction of sp³-hybridized carbons (Fsp3) is 0.227. The monoisotopic (exact) mass is 411 g/mol. The van der Waals surface area contributed by atoms with Crippen LogP contribution in [0.15, 0.2) is 66.3 Å². The van der Waals surface area contributed by atoms with Crippen molar-refractivity contribution in [2.24, 2.45) is 0 Å². The Labute approximate surface area is 158 Å². The standard InChI is InChI=1S/C18H13.C3H6.CH3.ClH.Zr/c1-2-8-13(7-1)18-16-11-5-3-9-14(16)15-10-4-6-12-17(15)18;1-3-2;;;/h1-7,9-11,18H,8H2;1-2H3;1H3;1H;/q;;;;+1/p-1. The molecule has 0 N–H and O–H groups in total. The minimum absolute atomic E-state index is 0. The Bertz CT molecular complexity index is 883. The second kappa shape index (κ2) is 7.06. The molecule has 2 aliphatic carbocycles. The molecule has 24 heavy (non-hydrogen) atoms. The molecule has 121 valence electrons. The van der Waals surface area contributed by atoms with Crippen LogP contribution in [0.3, 0.4) is 0 Å². The third-order valence-electron chi connectivity index (χ3n) is 5.28. The first-order valence-electron chi connectivity index (χ1n) is 8.40. The van der Waals surface area contributed by atoms with E-state index in [0.29, 0.717) is 5.92 Å². The zero-order valence-electron chi connectivity index (χ0n) is 14.4. The number of benzene rings is 2. The van der Waals surface area contributed by atoms with Crippen LogP contribution in [0.25, 0.3) is 11.1 Å². The van der Waals surface area contributed by atoms with Crippen molar-refractivity contribution in [3.8, 4) is 11.1 Å². The van der Waals surface area contributed by atoms with Crippen LogP contribution in [0.5, 0.6) is 0 Å². The Balaban J connectivity index is 0.00000169. The second-order valence-electron chi connectivity index (χ2n) is 6.79. The molecule has 2 heteroatoms. The molecule has 0 bridgehead atoms. The van der Waals surface area contributed by atoms with Crippen LogP contribution >= 0.6 is 0 Å². The SMILES string of the molecule is C[C](C)=[Zr+]([CH3])[c]1cccc2c1C(C1=CC=CC1)c1ccccc1-2.[Cl-]. The molecule has 0 amide bonds. The smallest absolute Gasteiger partial charge is 1.00 e. The van der Waals surface area contributed by atoms with Crippen molar-refractivity contribution < 1.29 is 33.7 Å². The van der Waals surface area contributed by atoms with Crippen LogP contribution in [0.1, 0.15) is 37.3 Å². The van der Waals surface area contributed by atoms with E-state index in [2.05, 4.69) is 79.2 Å². The van der Waals surface area contributed by atoms with Crippen LogP contribution < -0.4 is 15.7 Å². The second-order valence-corrected chi connectivity index (χ2v) is 13.6. The summed E-state index contributed by atoms with van der Waals surface area (Å²) in [5.74, 6) is 0.474. The molecule has 2 aromatic rings. The molecule has 1 unspecified atom stereocenters. The molecule has 0 aliphatic heterocycles. The Kier molecular flexibility index (Phi) is 5.23. The van der Waals surface area contributed by atoms with Gasteiger partial charge in [0.05, 0.1) is 0 Å². The van der Waals surface area contributed by atoms with E-state index in [4.69, 9.17) is 0 Å². The molecule has 1 atom stereocenters. The summed E-state index contributed by atoms with van der Waals surface area (Å²) in [4.78, 5) is 0. The van der Waals surface area contributed by atoms with Crippen molar-refractivity contribution in [2.75, 3.05) is 0 Å². The molecule has 0 saturated heterocycles. The number of halogens is 1. The number of rotatable bonds is 2. The van der Waals surface area contributed by atoms with Crippen molar-refractivity contribution in [3.05, 3.63) is 77.4 Å². The molecule has 0 spiro atoms. The Morgan fingerprint density at radius 1 is 1.00 bits per heavy atom. The predicted molar refractivity (Wildman–Crippen MR) is 97.4 cm³/mol. The molecule has 0 fully saturated rings.